The van der Waals surface area contributed by atoms with Crippen LogP contribution < -0.4 is 0 Å². The summed E-state index contributed by atoms with van der Waals surface area (Å²) in [7, 11) is 1.74. The third kappa shape index (κ3) is 5.17. The molecule has 0 N–H and O–H groups in total. The fourth-order valence-corrected chi connectivity index (χ4v) is 3.40. The van der Waals surface area contributed by atoms with Crippen molar-refractivity contribution in [3.63, 3.8) is 0 Å². The molecule has 4 nitrogen and oxygen atoms in total. The number of carbonyl (C=O) groups is 1. The van der Waals surface area contributed by atoms with E-state index in [0.29, 0.717) is 23.6 Å². The summed E-state index contributed by atoms with van der Waals surface area (Å²) in [6.45, 7) is 0.460. The minimum atomic E-state index is -0.876. The zero-order chi connectivity index (χ0) is 19.2. The van der Waals surface area contributed by atoms with Crippen LogP contribution in [0.2, 0.25) is 0 Å². The highest BCUT2D eigenvalue weighted by atomic mass is 32.2. The largest absolute Gasteiger partial charge is 0.341 e. The molecule has 0 atom stereocenters. The number of hydrogen-bond donors (Lipinski definition) is 0. The maximum atomic E-state index is 13.2. The van der Waals surface area contributed by atoms with E-state index in [4.69, 9.17) is 0 Å². The monoisotopic (exact) mass is 387 g/mol. The molecule has 0 aliphatic rings. The fraction of sp³-hybridized carbons (Fsp3) is 0.200. The molecule has 1 amide bonds. The summed E-state index contributed by atoms with van der Waals surface area (Å²) < 4.78 is 27.9. The maximum Gasteiger partial charge on any atom is 0.223 e. The van der Waals surface area contributed by atoms with Gasteiger partial charge >= 0.3 is 0 Å². The molecule has 1 heterocycles. The summed E-state index contributed by atoms with van der Waals surface area (Å²) in [4.78, 5) is 14.5. The summed E-state index contributed by atoms with van der Waals surface area (Å²) in [5.74, 6) is -1.26. The molecule has 140 valence electrons. The number of amides is 1. The Labute approximate surface area is 160 Å². The van der Waals surface area contributed by atoms with Crippen LogP contribution in [0.15, 0.2) is 65.8 Å². The van der Waals surface area contributed by atoms with E-state index in [1.54, 1.807) is 22.8 Å². The first-order valence-electron chi connectivity index (χ1n) is 8.44. The van der Waals surface area contributed by atoms with Gasteiger partial charge in [-0.2, -0.15) is 5.10 Å². The molecule has 0 unspecified atom stereocenters. The Morgan fingerprint density at radius 1 is 1.15 bits per heavy atom. The number of hydrogen-bond acceptors (Lipinski definition) is 3. The van der Waals surface area contributed by atoms with E-state index in [1.807, 2.05) is 36.5 Å². The zero-order valence-corrected chi connectivity index (χ0v) is 15.6. The van der Waals surface area contributed by atoms with Crippen molar-refractivity contribution in [2.24, 2.45) is 0 Å². The molecule has 0 aliphatic heterocycles. The van der Waals surface area contributed by atoms with Crippen LogP contribution >= 0.6 is 11.8 Å². The molecular formula is C20H19F2N3OS. The molecule has 3 rings (SSSR count). The predicted octanol–water partition coefficient (Wildman–Crippen LogP) is 4.29. The molecule has 2 aromatic carbocycles. The van der Waals surface area contributed by atoms with Gasteiger partial charge in [0, 0.05) is 42.4 Å². The lowest BCUT2D eigenvalue weighted by atomic mass is 10.3. The Morgan fingerprint density at radius 2 is 1.93 bits per heavy atom. The van der Waals surface area contributed by atoms with Gasteiger partial charge in [-0.1, -0.05) is 18.2 Å². The highest BCUT2D eigenvalue weighted by Gasteiger charge is 2.11. The SMILES string of the molecule is CN(Cc1cnn(-c2ccccc2)c1)C(=O)CCSc1ccc(F)c(F)c1. The second-order valence-electron chi connectivity index (χ2n) is 6.05. The topological polar surface area (TPSA) is 38.1 Å². The minimum Gasteiger partial charge on any atom is -0.341 e. The lowest BCUT2D eigenvalue weighted by Crippen LogP contribution is -2.26. The van der Waals surface area contributed by atoms with Crippen LogP contribution in [0.3, 0.4) is 0 Å². The van der Waals surface area contributed by atoms with Crippen molar-refractivity contribution >= 4 is 17.7 Å². The third-order valence-corrected chi connectivity index (χ3v) is 4.97. The standard InChI is InChI=1S/C20H19F2N3OS/c1-24(13-15-12-23-25(14-15)16-5-3-2-4-6-16)20(26)9-10-27-17-7-8-18(21)19(22)11-17/h2-8,11-12,14H,9-10,13H2,1H3. The van der Waals surface area contributed by atoms with Crippen molar-refractivity contribution in [3.8, 4) is 5.69 Å². The summed E-state index contributed by atoms with van der Waals surface area (Å²) >= 11 is 1.33. The Kier molecular flexibility index (Phi) is 6.24. The summed E-state index contributed by atoms with van der Waals surface area (Å²) in [6.07, 6.45) is 3.95. The normalized spacial score (nSPS) is 10.8. The maximum absolute atomic E-state index is 13.2. The molecular weight excluding hydrogens is 368 g/mol. The molecule has 0 saturated heterocycles. The van der Waals surface area contributed by atoms with Gasteiger partial charge in [-0.3, -0.25) is 4.79 Å². The first-order chi connectivity index (χ1) is 13.0. The summed E-state index contributed by atoms with van der Waals surface area (Å²) in [6, 6.07) is 13.5. The van der Waals surface area contributed by atoms with E-state index in [0.717, 1.165) is 23.4 Å². The number of benzene rings is 2. The number of aromatic nitrogens is 2. The van der Waals surface area contributed by atoms with Crippen LogP contribution in [-0.2, 0) is 11.3 Å². The van der Waals surface area contributed by atoms with Crippen molar-refractivity contribution in [3.05, 3.63) is 78.1 Å². The second-order valence-corrected chi connectivity index (χ2v) is 7.22. The Balaban J connectivity index is 1.49. The number of rotatable bonds is 7. The van der Waals surface area contributed by atoms with Crippen LogP contribution in [0.1, 0.15) is 12.0 Å². The van der Waals surface area contributed by atoms with Crippen molar-refractivity contribution in [1.82, 2.24) is 14.7 Å². The highest BCUT2D eigenvalue weighted by molar-refractivity contribution is 7.99. The molecule has 1 aromatic heterocycles. The molecule has 0 bridgehead atoms. The Bertz CT molecular complexity index is 915. The number of thioether (sulfide) groups is 1. The van der Waals surface area contributed by atoms with E-state index in [-0.39, 0.29) is 5.91 Å². The third-order valence-electron chi connectivity index (χ3n) is 3.98. The average molecular weight is 387 g/mol. The lowest BCUT2D eigenvalue weighted by Gasteiger charge is -2.16. The number of halogens is 2. The van der Waals surface area contributed by atoms with Crippen LogP contribution in [0.4, 0.5) is 8.78 Å². The quantitative estimate of drug-likeness (QED) is 0.568. The lowest BCUT2D eigenvalue weighted by molar-refractivity contribution is -0.129. The Morgan fingerprint density at radius 3 is 2.67 bits per heavy atom. The van der Waals surface area contributed by atoms with Gasteiger partial charge in [0.15, 0.2) is 11.6 Å². The van der Waals surface area contributed by atoms with E-state index in [9.17, 15) is 13.6 Å². The number of para-hydroxylation sites is 1. The first kappa shape index (κ1) is 19.1. The van der Waals surface area contributed by atoms with E-state index >= 15 is 0 Å². The van der Waals surface area contributed by atoms with Crippen molar-refractivity contribution in [1.29, 1.82) is 0 Å². The summed E-state index contributed by atoms with van der Waals surface area (Å²) in [5, 5.41) is 4.32. The van der Waals surface area contributed by atoms with Crippen molar-refractivity contribution in [2.45, 2.75) is 17.9 Å². The second kappa shape index (κ2) is 8.81. The summed E-state index contributed by atoms with van der Waals surface area (Å²) in [5.41, 5.74) is 1.89. The van der Waals surface area contributed by atoms with E-state index in [1.165, 1.54) is 17.8 Å². The van der Waals surface area contributed by atoms with Gasteiger partial charge in [-0.05, 0) is 30.3 Å². The van der Waals surface area contributed by atoms with Crippen LogP contribution in [0.5, 0.6) is 0 Å². The van der Waals surface area contributed by atoms with Gasteiger partial charge in [0.1, 0.15) is 0 Å². The predicted molar refractivity (Wildman–Crippen MR) is 102 cm³/mol. The van der Waals surface area contributed by atoms with E-state index in [2.05, 4.69) is 5.10 Å². The van der Waals surface area contributed by atoms with Crippen molar-refractivity contribution < 1.29 is 13.6 Å². The molecule has 0 aliphatic carbocycles. The van der Waals surface area contributed by atoms with Crippen LogP contribution in [0, 0.1) is 11.6 Å². The molecule has 0 fully saturated rings. The number of carbonyl (C=O) groups excluding carboxylic acids is 1. The van der Waals surface area contributed by atoms with Gasteiger partial charge in [-0.15, -0.1) is 11.8 Å². The minimum absolute atomic E-state index is 0.0162. The molecule has 0 saturated carbocycles. The van der Waals surface area contributed by atoms with Gasteiger partial charge in [0.05, 0.1) is 11.9 Å². The van der Waals surface area contributed by atoms with Gasteiger partial charge in [0.2, 0.25) is 5.91 Å². The fourth-order valence-electron chi connectivity index (χ4n) is 2.54. The van der Waals surface area contributed by atoms with Gasteiger partial charge < -0.3 is 4.90 Å². The van der Waals surface area contributed by atoms with Gasteiger partial charge in [-0.25, -0.2) is 13.5 Å². The van der Waals surface area contributed by atoms with Crippen LogP contribution in [0.25, 0.3) is 5.69 Å². The zero-order valence-electron chi connectivity index (χ0n) is 14.8. The average Bonchev–Trinajstić information content (AvgIpc) is 3.13. The smallest absolute Gasteiger partial charge is 0.223 e. The van der Waals surface area contributed by atoms with E-state index < -0.39 is 11.6 Å². The first-order valence-corrected chi connectivity index (χ1v) is 9.42. The molecule has 3 aromatic rings. The highest BCUT2D eigenvalue weighted by Crippen LogP contribution is 2.21. The number of nitrogens with zero attached hydrogens (tertiary/aromatic N) is 3. The van der Waals surface area contributed by atoms with Crippen LogP contribution in [-0.4, -0.2) is 33.4 Å². The molecule has 7 heteroatoms. The Hall–Kier alpha value is -2.67. The van der Waals surface area contributed by atoms with Crippen molar-refractivity contribution in [2.75, 3.05) is 12.8 Å². The molecule has 0 spiro atoms. The molecule has 0 radical (unpaired) electrons. The van der Waals surface area contributed by atoms with Gasteiger partial charge in [0.25, 0.3) is 0 Å². The molecule has 27 heavy (non-hydrogen) atoms.